The molecule has 3 unspecified atom stereocenters. The van der Waals surface area contributed by atoms with Gasteiger partial charge in [0.2, 0.25) is 11.8 Å². The van der Waals surface area contributed by atoms with E-state index in [0.717, 1.165) is 44.4 Å². The standard InChI is InChI=1S/C18H30N2O3/c1-12-6-8-14(9-7-12)20-11-13(10-17(20)22)18(23)19-15-4-2-3-5-16(15)21/h12-16,21H,2-11H2,1H3,(H,19,23). The molecular weight excluding hydrogens is 292 g/mol. The number of rotatable bonds is 3. The lowest BCUT2D eigenvalue weighted by Gasteiger charge is -2.34. The predicted molar refractivity (Wildman–Crippen MR) is 87.6 cm³/mol. The van der Waals surface area contributed by atoms with Crippen molar-refractivity contribution in [3.05, 3.63) is 0 Å². The van der Waals surface area contributed by atoms with Crippen LogP contribution in [0.4, 0.5) is 0 Å². The van der Waals surface area contributed by atoms with Crippen molar-refractivity contribution in [1.82, 2.24) is 10.2 Å². The second kappa shape index (κ2) is 7.20. The molecule has 2 aliphatic carbocycles. The van der Waals surface area contributed by atoms with E-state index in [1.807, 2.05) is 4.90 Å². The summed E-state index contributed by atoms with van der Waals surface area (Å²) in [5.41, 5.74) is 0. The molecule has 0 bridgehead atoms. The number of likely N-dealkylation sites (tertiary alicyclic amines) is 1. The van der Waals surface area contributed by atoms with Gasteiger partial charge in [-0.3, -0.25) is 9.59 Å². The van der Waals surface area contributed by atoms with Gasteiger partial charge in [-0.05, 0) is 44.4 Å². The van der Waals surface area contributed by atoms with E-state index >= 15 is 0 Å². The summed E-state index contributed by atoms with van der Waals surface area (Å²) in [5.74, 6) is 0.608. The van der Waals surface area contributed by atoms with Gasteiger partial charge in [-0.15, -0.1) is 0 Å². The highest BCUT2D eigenvalue weighted by Gasteiger charge is 2.39. The minimum Gasteiger partial charge on any atom is -0.391 e. The lowest BCUT2D eigenvalue weighted by molar-refractivity contribution is -0.131. The Balaban J connectivity index is 1.53. The molecule has 5 nitrogen and oxygen atoms in total. The van der Waals surface area contributed by atoms with Crippen molar-refractivity contribution >= 4 is 11.8 Å². The molecule has 0 aromatic rings. The minimum absolute atomic E-state index is 0.0454. The Morgan fingerprint density at radius 3 is 2.52 bits per heavy atom. The second-order valence-corrected chi connectivity index (χ2v) is 7.83. The second-order valence-electron chi connectivity index (χ2n) is 7.83. The molecular formula is C18H30N2O3. The highest BCUT2D eigenvalue weighted by Crippen LogP contribution is 2.31. The van der Waals surface area contributed by atoms with Gasteiger partial charge in [0, 0.05) is 19.0 Å². The first-order valence-corrected chi connectivity index (χ1v) is 9.32. The predicted octanol–water partition coefficient (Wildman–Crippen LogP) is 1.83. The number of carbonyl (C=O) groups excluding carboxylic acids is 2. The summed E-state index contributed by atoms with van der Waals surface area (Å²) in [7, 11) is 0. The van der Waals surface area contributed by atoms with Gasteiger partial charge in [0.05, 0.1) is 18.1 Å². The fraction of sp³-hybridized carbons (Fsp3) is 0.889. The van der Waals surface area contributed by atoms with Crippen LogP contribution in [0.5, 0.6) is 0 Å². The number of aliphatic hydroxyl groups excluding tert-OH is 1. The van der Waals surface area contributed by atoms with Crippen LogP contribution in [-0.2, 0) is 9.59 Å². The summed E-state index contributed by atoms with van der Waals surface area (Å²) in [6.07, 6.45) is 8.10. The Morgan fingerprint density at radius 1 is 1.13 bits per heavy atom. The average molecular weight is 322 g/mol. The van der Waals surface area contributed by atoms with Gasteiger partial charge in [0.1, 0.15) is 0 Å². The average Bonchev–Trinajstić information content (AvgIpc) is 2.92. The molecule has 0 spiro atoms. The van der Waals surface area contributed by atoms with E-state index in [9.17, 15) is 14.7 Å². The first-order valence-electron chi connectivity index (χ1n) is 9.32. The molecule has 2 N–H and O–H groups in total. The molecule has 0 aromatic heterocycles. The van der Waals surface area contributed by atoms with Crippen LogP contribution in [0.3, 0.4) is 0 Å². The molecule has 0 aromatic carbocycles. The molecule has 1 heterocycles. The van der Waals surface area contributed by atoms with Crippen LogP contribution in [0, 0.1) is 11.8 Å². The third-order valence-electron chi connectivity index (χ3n) is 6.01. The molecule has 3 fully saturated rings. The molecule has 0 radical (unpaired) electrons. The number of nitrogens with one attached hydrogen (secondary N) is 1. The summed E-state index contributed by atoms with van der Waals surface area (Å²) >= 11 is 0. The van der Waals surface area contributed by atoms with Crippen LogP contribution in [0.25, 0.3) is 0 Å². The maximum atomic E-state index is 12.5. The van der Waals surface area contributed by atoms with Crippen molar-refractivity contribution in [1.29, 1.82) is 0 Å². The zero-order chi connectivity index (χ0) is 16.4. The smallest absolute Gasteiger partial charge is 0.225 e. The van der Waals surface area contributed by atoms with E-state index < -0.39 is 6.10 Å². The minimum atomic E-state index is -0.430. The number of amides is 2. The van der Waals surface area contributed by atoms with E-state index in [2.05, 4.69) is 12.2 Å². The first-order chi connectivity index (χ1) is 11.0. The highest BCUT2D eigenvalue weighted by molar-refractivity contribution is 5.89. The maximum Gasteiger partial charge on any atom is 0.225 e. The van der Waals surface area contributed by atoms with Crippen LogP contribution in [-0.4, -0.2) is 46.6 Å². The van der Waals surface area contributed by atoms with Crippen molar-refractivity contribution in [2.24, 2.45) is 11.8 Å². The number of carbonyl (C=O) groups is 2. The lowest BCUT2D eigenvalue weighted by atomic mass is 9.86. The highest BCUT2D eigenvalue weighted by atomic mass is 16.3. The van der Waals surface area contributed by atoms with Crippen molar-refractivity contribution < 1.29 is 14.7 Å². The van der Waals surface area contributed by atoms with E-state index in [-0.39, 0.29) is 23.8 Å². The van der Waals surface area contributed by atoms with Gasteiger partial charge in [0.25, 0.3) is 0 Å². The lowest BCUT2D eigenvalue weighted by Crippen LogP contribution is -2.47. The van der Waals surface area contributed by atoms with E-state index in [1.54, 1.807) is 0 Å². The van der Waals surface area contributed by atoms with Crippen molar-refractivity contribution in [2.75, 3.05) is 6.54 Å². The monoisotopic (exact) mass is 322 g/mol. The fourth-order valence-corrected chi connectivity index (χ4v) is 4.39. The number of nitrogens with zero attached hydrogens (tertiary/aromatic N) is 1. The van der Waals surface area contributed by atoms with Gasteiger partial charge >= 0.3 is 0 Å². The zero-order valence-corrected chi connectivity index (χ0v) is 14.2. The summed E-state index contributed by atoms with van der Waals surface area (Å²) in [6.45, 7) is 2.83. The van der Waals surface area contributed by atoms with E-state index in [1.165, 1.54) is 12.8 Å². The van der Waals surface area contributed by atoms with E-state index in [0.29, 0.717) is 19.0 Å². The Hall–Kier alpha value is -1.10. The Kier molecular flexibility index (Phi) is 5.24. The largest absolute Gasteiger partial charge is 0.391 e. The summed E-state index contributed by atoms with van der Waals surface area (Å²) in [6, 6.07) is 0.202. The Bertz CT molecular complexity index is 446. The van der Waals surface area contributed by atoms with Gasteiger partial charge < -0.3 is 15.3 Å². The van der Waals surface area contributed by atoms with E-state index in [4.69, 9.17) is 0 Å². The van der Waals surface area contributed by atoms with Crippen LogP contribution >= 0.6 is 0 Å². The molecule has 3 aliphatic rings. The van der Waals surface area contributed by atoms with Crippen LogP contribution in [0.1, 0.15) is 64.7 Å². The van der Waals surface area contributed by atoms with Gasteiger partial charge in [-0.25, -0.2) is 0 Å². The van der Waals surface area contributed by atoms with Crippen molar-refractivity contribution in [2.45, 2.75) is 82.9 Å². The molecule has 23 heavy (non-hydrogen) atoms. The molecule has 5 heteroatoms. The van der Waals surface area contributed by atoms with Gasteiger partial charge in [-0.2, -0.15) is 0 Å². The third kappa shape index (κ3) is 3.87. The normalized spacial score (nSPS) is 38.6. The topological polar surface area (TPSA) is 69.6 Å². The number of aliphatic hydroxyl groups is 1. The Morgan fingerprint density at radius 2 is 1.83 bits per heavy atom. The van der Waals surface area contributed by atoms with Gasteiger partial charge in [-0.1, -0.05) is 19.8 Å². The van der Waals surface area contributed by atoms with Gasteiger partial charge in [0.15, 0.2) is 0 Å². The third-order valence-corrected chi connectivity index (χ3v) is 6.01. The molecule has 1 saturated heterocycles. The Labute approximate surface area is 138 Å². The van der Waals surface area contributed by atoms with Crippen molar-refractivity contribution in [3.63, 3.8) is 0 Å². The number of hydrogen-bond donors (Lipinski definition) is 2. The molecule has 2 saturated carbocycles. The summed E-state index contributed by atoms with van der Waals surface area (Å²) < 4.78 is 0. The molecule has 130 valence electrons. The molecule has 3 rings (SSSR count). The SMILES string of the molecule is CC1CCC(N2CC(C(=O)NC3CCCCC3O)CC2=O)CC1. The molecule has 2 amide bonds. The quantitative estimate of drug-likeness (QED) is 0.833. The number of hydrogen-bond acceptors (Lipinski definition) is 3. The van der Waals surface area contributed by atoms with Crippen molar-refractivity contribution in [3.8, 4) is 0 Å². The maximum absolute atomic E-state index is 12.5. The van der Waals surface area contributed by atoms with Crippen LogP contribution in [0.15, 0.2) is 0 Å². The first kappa shape index (κ1) is 16.7. The summed E-state index contributed by atoms with van der Waals surface area (Å²) in [5, 5.41) is 13.0. The fourth-order valence-electron chi connectivity index (χ4n) is 4.39. The molecule has 3 atom stereocenters. The molecule has 1 aliphatic heterocycles. The van der Waals surface area contributed by atoms with Crippen LogP contribution in [0.2, 0.25) is 0 Å². The van der Waals surface area contributed by atoms with Crippen LogP contribution < -0.4 is 5.32 Å². The zero-order valence-electron chi connectivity index (χ0n) is 14.2. The summed E-state index contributed by atoms with van der Waals surface area (Å²) in [4.78, 5) is 26.8.